The molecule has 2 aromatic carbocycles. The van der Waals surface area contributed by atoms with Gasteiger partial charge in [0.1, 0.15) is 12.4 Å². The Morgan fingerprint density at radius 1 is 1.04 bits per heavy atom. The molecule has 0 saturated carbocycles. The van der Waals surface area contributed by atoms with Crippen LogP contribution in [-0.2, 0) is 0 Å². The predicted octanol–water partition coefficient (Wildman–Crippen LogP) is 4.62. The number of hydrogen-bond acceptors (Lipinski definition) is 3. The summed E-state index contributed by atoms with van der Waals surface area (Å²) < 4.78 is 6.76. The summed E-state index contributed by atoms with van der Waals surface area (Å²) in [5, 5.41) is 3.27. The lowest BCUT2D eigenvalue weighted by Gasteiger charge is -2.05. The highest BCUT2D eigenvalue weighted by molar-refractivity contribution is 14.1. The molecule has 0 amide bonds. The maximum atomic E-state index is 12.4. The Bertz CT molecular complexity index is 706. The van der Waals surface area contributed by atoms with Gasteiger partial charge in [-0.2, -0.15) is 0 Å². The first-order chi connectivity index (χ1) is 12.2. The molecule has 0 radical (unpaired) electrons. The third kappa shape index (κ3) is 6.84. The van der Waals surface area contributed by atoms with Crippen LogP contribution < -0.4 is 10.1 Å². The highest BCUT2D eigenvalue weighted by atomic mass is 127. The average molecular weight is 447 g/mol. The van der Waals surface area contributed by atoms with E-state index in [4.69, 9.17) is 4.74 Å². The summed E-state index contributed by atoms with van der Waals surface area (Å²) in [7, 11) is 0. The van der Waals surface area contributed by atoms with Crippen LogP contribution in [-0.4, -0.2) is 25.5 Å². The van der Waals surface area contributed by atoms with Crippen LogP contribution in [0.25, 0.3) is 0 Å². The molecule has 0 bridgehead atoms. The number of benzene rings is 2. The summed E-state index contributed by atoms with van der Waals surface area (Å²) in [5.74, 6) is 0.775. The van der Waals surface area contributed by atoms with E-state index in [1.807, 2.05) is 54.6 Å². The Hall–Kier alpha value is -1.92. The number of ketones is 1. The van der Waals surface area contributed by atoms with E-state index < -0.39 is 0 Å². The summed E-state index contributed by atoms with van der Waals surface area (Å²) >= 11 is 2.22. The Morgan fingerprint density at radius 2 is 1.68 bits per heavy atom. The minimum absolute atomic E-state index is 0.0217. The first-order valence-corrected chi connectivity index (χ1v) is 9.28. The maximum absolute atomic E-state index is 12.4. The topological polar surface area (TPSA) is 38.3 Å². The predicted molar refractivity (Wildman–Crippen MR) is 111 cm³/mol. The Morgan fingerprint density at radius 3 is 2.32 bits per heavy atom. The number of carbonyl (C=O) groups excluding carboxylic acids is 1. The normalized spacial score (nSPS) is 10.8. The van der Waals surface area contributed by atoms with Crippen molar-refractivity contribution in [2.45, 2.75) is 6.42 Å². The Balaban J connectivity index is 1.79. The molecule has 0 heterocycles. The molecule has 25 heavy (non-hydrogen) atoms. The molecule has 0 aromatic heterocycles. The van der Waals surface area contributed by atoms with Gasteiger partial charge in [0.05, 0.1) is 0 Å². The average Bonchev–Trinajstić information content (AvgIpc) is 2.64. The largest absolute Gasteiger partial charge is 0.490 e. The van der Waals surface area contributed by atoms with Crippen LogP contribution in [0.2, 0.25) is 0 Å². The minimum Gasteiger partial charge on any atom is -0.490 e. The lowest BCUT2D eigenvalue weighted by Crippen LogP contribution is -2.14. The van der Waals surface area contributed by atoms with Crippen LogP contribution in [0, 0.1) is 3.57 Å². The fraction of sp³-hybridized carbons (Fsp3) is 0.190. The van der Waals surface area contributed by atoms with E-state index in [9.17, 15) is 4.79 Å². The number of rotatable bonds is 10. The molecule has 0 saturated heterocycles. The molecule has 0 fully saturated rings. The molecular weight excluding hydrogens is 425 g/mol. The highest BCUT2D eigenvalue weighted by Crippen LogP contribution is 2.16. The molecule has 0 aliphatic rings. The van der Waals surface area contributed by atoms with Gasteiger partial charge < -0.3 is 10.1 Å². The van der Waals surface area contributed by atoms with Gasteiger partial charge in [0.2, 0.25) is 0 Å². The van der Waals surface area contributed by atoms with Crippen LogP contribution in [0.3, 0.4) is 0 Å². The van der Waals surface area contributed by atoms with Gasteiger partial charge in [-0.05, 0) is 84.1 Å². The Labute approximate surface area is 162 Å². The lowest BCUT2D eigenvalue weighted by molar-refractivity contribution is 0.103. The molecule has 4 heteroatoms. The molecule has 2 aromatic rings. The number of halogens is 1. The number of carbonyl (C=O) groups is 1. The van der Waals surface area contributed by atoms with Crippen molar-refractivity contribution >= 4 is 28.4 Å². The molecule has 0 unspecified atom stereocenters. The molecule has 0 aliphatic carbocycles. The van der Waals surface area contributed by atoms with Gasteiger partial charge in [-0.1, -0.05) is 18.2 Å². The fourth-order valence-electron chi connectivity index (χ4n) is 2.16. The highest BCUT2D eigenvalue weighted by Gasteiger charge is 2.08. The zero-order chi connectivity index (χ0) is 17.9. The molecule has 2 rings (SSSR count). The van der Waals surface area contributed by atoms with Crippen molar-refractivity contribution in [2.75, 3.05) is 19.7 Å². The van der Waals surface area contributed by atoms with Gasteiger partial charge in [-0.15, -0.1) is 6.58 Å². The van der Waals surface area contributed by atoms with E-state index >= 15 is 0 Å². The molecule has 0 atom stereocenters. The van der Waals surface area contributed by atoms with E-state index in [0.29, 0.717) is 17.7 Å². The van der Waals surface area contributed by atoms with E-state index in [0.717, 1.165) is 28.8 Å². The van der Waals surface area contributed by atoms with Crippen LogP contribution in [0.15, 0.2) is 73.3 Å². The number of ether oxygens (including phenoxy) is 1. The van der Waals surface area contributed by atoms with Gasteiger partial charge in [0.25, 0.3) is 0 Å². The minimum atomic E-state index is 0.0217. The second-order valence-corrected chi connectivity index (χ2v) is 6.67. The van der Waals surface area contributed by atoms with Crippen molar-refractivity contribution < 1.29 is 9.53 Å². The summed E-state index contributed by atoms with van der Waals surface area (Å²) in [6.07, 6.45) is 6.88. The van der Waals surface area contributed by atoms with Crippen molar-refractivity contribution in [1.29, 1.82) is 0 Å². The van der Waals surface area contributed by atoms with Gasteiger partial charge in [-0.25, -0.2) is 0 Å². The number of hydrogen-bond donors (Lipinski definition) is 1. The first kappa shape index (κ1) is 19.4. The van der Waals surface area contributed by atoms with Crippen molar-refractivity contribution in [1.82, 2.24) is 5.32 Å². The van der Waals surface area contributed by atoms with Crippen molar-refractivity contribution in [2.24, 2.45) is 0 Å². The molecule has 130 valence electrons. The van der Waals surface area contributed by atoms with E-state index in [1.165, 1.54) is 0 Å². The summed E-state index contributed by atoms with van der Waals surface area (Å²) in [6.45, 7) is 5.94. The summed E-state index contributed by atoms with van der Waals surface area (Å²) in [6, 6.07) is 14.8. The van der Waals surface area contributed by atoms with E-state index in [2.05, 4.69) is 34.5 Å². The zero-order valence-electron chi connectivity index (χ0n) is 14.1. The zero-order valence-corrected chi connectivity index (χ0v) is 16.2. The van der Waals surface area contributed by atoms with E-state index in [1.54, 1.807) is 12.1 Å². The molecule has 3 nitrogen and oxygen atoms in total. The van der Waals surface area contributed by atoms with Gasteiger partial charge in [-0.3, -0.25) is 4.79 Å². The first-order valence-electron chi connectivity index (χ1n) is 8.20. The molecule has 1 N–H and O–H groups in total. The third-order valence-corrected chi connectivity index (χ3v) is 4.24. The van der Waals surface area contributed by atoms with Gasteiger partial charge >= 0.3 is 0 Å². The van der Waals surface area contributed by atoms with Crippen molar-refractivity contribution in [3.8, 4) is 5.75 Å². The number of nitrogens with one attached hydrogen (secondary N) is 1. The van der Waals surface area contributed by atoms with E-state index in [-0.39, 0.29) is 5.78 Å². The third-order valence-electron chi connectivity index (χ3n) is 3.52. The van der Waals surface area contributed by atoms with Crippen molar-refractivity contribution in [3.05, 3.63) is 88.0 Å². The van der Waals surface area contributed by atoms with Crippen LogP contribution in [0.5, 0.6) is 5.75 Å². The quantitative estimate of drug-likeness (QED) is 0.250. The molecule has 0 spiro atoms. The monoisotopic (exact) mass is 447 g/mol. The fourth-order valence-corrected chi connectivity index (χ4v) is 2.52. The van der Waals surface area contributed by atoms with Gasteiger partial charge in [0, 0.05) is 21.2 Å². The second-order valence-electron chi connectivity index (χ2n) is 5.42. The van der Waals surface area contributed by atoms with Crippen LogP contribution in [0.4, 0.5) is 0 Å². The smallest absolute Gasteiger partial charge is 0.193 e. The molecular formula is C21H22INO2. The van der Waals surface area contributed by atoms with Crippen LogP contribution >= 0.6 is 22.6 Å². The maximum Gasteiger partial charge on any atom is 0.193 e. The standard InChI is InChI=1S/C21H22INO2/c1-2-3-14-23-15-4-5-16-25-20-12-8-18(9-13-20)21(24)17-6-10-19(22)11-7-17/h2,4-13,23H,1,3,14-16H2. The second kappa shape index (κ2) is 10.8. The van der Waals surface area contributed by atoms with Crippen LogP contribution in [0.1, 0.15) is 22.3 Å². The Kier molecular flexibility index (Phi) is 8.42. The lowest BCUT2D eigenvalue weighted by atomic mass is 10.0. The summed E-state index contributed by atoms with van der Waals surface area (Å²) in [5.41, 5.74) is 1.36. The SMILES string of the molecule is C=CCCNCC=CCOc1ccc(C(=O)c2ccc(I)cc2)cc1. The summed E-state index contributed by atoms with van der Waals surface area (Å²) in [4.78, 5) is 12.4. The van der Waals surface area contributed by atoms with Crippen molar-refractivity contribution in [3.63, 3.8) is 0 Å². The van der Waals surface area contributed by atoms with Gasteiger partial charge in [0.15, 0.2) is 5.78 Å². The molecule has 0 aliphatic heterocycles.